The molecule has 0 heterocycles. The van der Waals surface area contributed by atoms with Crippen molar-refractivity contribution < 1.29 is 14.6 Å². The van der Waals surface area contributed by atoms with E-state index in [1.54, 1.807) is 0 Å². The molecule has 17 heavy (non-hydrogen) atoms. The van der Waals surface area contributed by atoms with Crippen LogP contribution in [0.2, 0.25) is 0 Å². The molecule has 1 aliphatic rings. The average Bonchev–Trinajstić information content (AvgIpc) is 3.14. The summed E-state index contributed by atoms with van der Waals surface area (Å²) in [5.74, 6) is 0.786. The molecule has 1 fully saturated rings. The first-order chi connectivity index (χ1) is 8.29. The van der Waals surface area contributed by atoms with Gasteiger partial charge in [-0.25, -0.2) is 4.79 Å². The Bertz CT molecular complexity index is 366. The van der Waals surface area contributed by atoms with Crippen LogP contribution in [-0.2, 0) is 11.3 Å². The van der Waals surface area contributed by atoms with E-state index in [4.69, 9.17) is 9.84 Å². The van der Waals surface area contributed by atoms with E-state index in [-0.39, 0.29) is 6.61 Å². The quantitative estimate of drug-likeness (QED) is 0.814. The van der Waals surface area contributed by atoms with E-state index >= 15 is 0 Å². The number of nitrogens with one attached hydrogen (secondary N) is 1. The highest BCUT2D eigenvalue weighted by atomic mass is 16.5. The Morgan fingerprint density at radius 3 is 2.76 bits per heavy atom. The highest BCUT2D eigenvalue weighted by Gasteiger charge is 2.36. The van der Waals surface area contributed by atoms with Crippen LogP contribution in [0.4, 0.5) is 4.79 Å². The van der Waals surface area contributed by atoms with Crippen molar-refractivity contribution in [2.24, 2.45) is 11.8 Å². The van der Waals surface area contributed by atoms with Crippen LogP contribution in [0.15, 0.2) is 30.3 Å². The maximum absolute atomic E-state index is 11.3. The summed E-state index contributed by atoms with van der Waals surface area (Å²) in [7, 11) is 0. The minimum Gasteiger partial charge on any atom is -0.445 e. The molecule has 0 radical (unpaired) electrons. The summed E-state index contributed by atoms with van der Waals surface area (Å²) in [4.78, 5) is 11.3. The predicted molar refractivity (Wildman–Crippen MR) is 63.3 cm³/mol. The van der Waals surface area contributed by atoms with Gasteiger partial charge in [-0.1, -0.05) is 30.3 Å². The molecule has 2 rings (SSSR count). The number of hydrogen-bond acceptors (Lipinski definition) is 3. The highest BCUT2D eigenvalue weighted by molar-refractivity contribution is 5.67. The lowest BCUT2D eigenvalue weighted by atomic mass is 10.2. The summed E-state index contributed by atoms with van der Waals surface area (Å²) < 4.78 is 5.06. The minimum absolute atomic E-state index is 0.214. The van der Waals surface area contributed by atoms with Crippen LogP contribution >= 0.6 is 0 Å². The summed E-state index contributed by atoms with van der Waals surface area (Å²) in [6.07, 6.45) is 0.604. The van der Waals surface area contributed by atoms with Crippen LogP contribution in [0.1, 0.15) is 12.0 Å². The number of alkyl carbamates (subject to hydrolysis) is 1. The molecule has 1 aromatic rings. The molecular formula is C13H17NO3. The van der Waals surface area contributed by atoms with Gasteiger partial charge in [-0.15, -0.1) is 0 Å². The molecule has 2 atom stereocenters. The van der Waals surface area contributed by atoms with E-state index in [2.05, 4.69) is 5.32 Å². The van der Waals surface area contributed by atoms with Gasteiger partial charge in [-0.2, -0.15) is 0 Å². The van der Waals surface area contributed by atoms with Crippen molar-refractivity contribution >= 4 is 6.09 Å². The number of rotatable bonds is 5. The minimum atomic E-state index is -0.391. The van der Waals surface area contributed by atoms with Crippen molar-refractivity contribution in [3.05, 3.63) is 35.9 Å². The smallest absolute Gasteiger partial charge is 0.407 e. The molecule has 1 aliphatic carbocycles. The normalized spacial score (nSPS) is 21.9. The van der Waals surface area contributed by atoms with Crippen LogP contribution in [0, 0.1) is 11.8 Å². The van der Waals surface area contributed by atoms with Gasteiger partial charge >= 0.3 is 6.09 Å². The third-order valence-electron chi connectivity index (χ3n) is 3.02. The molecule has 1 aromatic carbocycles. The van der Waals surface area contributed by atoms with Gasteiger partial charge in [0.1, 0.15) is 6.61 Å². The number of aliphatic hydroxyl groups is 1. The zero-order valence-corrected chi connectivity index (χ0v) is 9.63. The molecule has 1 saturated carbocycles. The zero-order valence-electron chi connectivity index (χ0n) is 9.63. The standard InChI is InChI=1S/C13H17NO3/c15-8-12-6-11(12)7-14-13(16)17-9-10-4-2-1-3-5-10/h1-5,11-12,15H,6-9H2,(H,14,16)/t11-,12-/m1/s1. The number of aliphatic hydroxyl groups excluding tert-OH is 1. The average molecular weight is 235 g/mol. The Hall–Kier alpha value is -1.55. The van der Waals surface area contributed by atoms with Gasteiger partial charge in [0.2, 0.25) is 0 Å². The lowest BCUT2D eigenvalue weighted by Crippen LogP contribution is -2.26. The molecule has 1 amide bonds. The molecular weight excluding hydrogens is 218 g/mol. The second-order valence-corrected chi connectivity index (χ2v) is 4.38. The van der Waals surface area contributed by atoms with Gasteiger partial charge in [0.05, 0.1) is 0 Å². The number of ether oxygens (including phenoxy) is 1. The Kier molecular flexibility index (Phi) is 3.98. The van der Waals surface area contributed by atoms with Crippen LogP contribution < -0.4 is 5.32 Å². The number of benzene rings is 1. The summed E-state index contributed by atoms with van der Waals surface area (Å²) in [5, 5.41) is 11.6. The molecule has 0 aromatic heterocycles. The Morgan fingerprint density at radius 2 is 2.12 bits per heavy atom. The second kappa shape index (κ2) is 5.68. The van der Waals surface area contributed by atoms with E-state index < -0.39 is 6.09 Å². The molecule has 0 unspecified atom stereocenters. The molecule has 4 heteroatoms. The molecule has 0 saturated heterocycles. The lowest BCUT2D eigenvalue weighted by Gasteiger charge is -2.06. The first kappa shape index (κ1) is 11.9. The maximum atomic E-state index is 11.3. The van der Waals surface area contributed by atoms with Crippen molar-refractivity contribution in [3.8, 4) is 0 Å². The zero-order chi connectivity index (χ0) is 12.1. The Balaban J connectivity index is 1.61. The molecule has 0 bridgehead atoms. The van der Waals surface area contributed by atoms with E-state index in [1.165, 1.54) is 0 Å². The largest absolute Gasteiger partial charge is 0.445 e. The molecule has 2 N–H and O–H groups in total. The molecule has 4 nitrogen and oxygen atoms in total. The molecule has 0 spiro atoms. The van der Waals surface area contributed by atoms with Gasteiger partial charge < -0.3 is 15.2 Å². The fraction of sp³-hybridized carbons (Fsp3) is 0.462. The van der Waals surface area contributed by atoms with E-state index in [9.17, 15) is 4.79 Å². The van der Waals surface area contributed by atoms with Gasteiger partial charge in [-0.3, -0.25) is 0 Å². The SMILES string of the molecule is O=C(NC[C@H]1C[C@@H]1CO)OCc1ccccc1. The second-order valence-electron chi connectivity index (χ2n) is 4.38. The van der Waals surface area contributed by atoms with Crippen molar-refractivity contribution in [1.82, 2.24) is 5.32 Å². The van der Waals surface area contributed by atoms with Crippen molar-refractivity contribution in [3.63, 3.8) is 0 Å². The van der Waals surface area contributed by atoms with Crippen LogP contribution in [-0.4, -0.2) is 24.4 Å². The number of carbonyl (C=O) groups excluding carboxylic acids is 1. The summed E-state index contributed by atoms with van der Waals surface area (Å²) >= 11 is 0. The lowest BCUT2D eigenvalue weighted by molar-refractivity contribution is 0.139. The Labute approximate surface area is 101 Å². The summed E-state index contributed by atoms with van der Waals surface area (Å²) in [6.45, 7) is 1.10. The van der Waals surface area contributed by atoms with Crippen molar-refractivity contribution in [1.29, 1.82) is 0 Å². The number of amides is 1. The first-order valence-electron chi connectivity index (χ1n) is 5.85. The van der Waals surface area contributed by atoms with Gasteiger partial charge in [0.15, 0.2) is 0 Å². The fourth-order valence-corrected chi connectivity index (χ4v) is 1.77. The number of carbonyl (C=O) groups is 1. The van der Waals surface area contributed by atoms with E-state index in [1.807, 2.05) is 30.3 Å². The van der Waals surface area contributed by atoms with Crippen molar-refractivity contribution in [2.75, 3.05) is 13.2 Å². The van der Waals surface area contributed by atoms with E-state index in [0.29, 0.717) is 25.0 Å². The third kappa shape index (κ3) is 3.75. The summed E-state index contributed by atoms with van der Waals surface area (Å²) in [5.41, 5.74) is 0.974. The monoisotopic (exact) mass is 235 g/mol. The fourth-order valence-electron chi connectivity index (χ4n) is 1.77. The molecule has 0 aliphatic heterocycles. The molecule has 92 valence electrons. The number of hydrogen-bond donors (Lipinski definition) is 2. The third-order valence-corrected chi connectivity index (χ3v) is 3.02. The first-order valence-corrected chi connectivity index (χ1v) is 5.85. The predicted octanol–water partition coefficient (Wildman–Crippen LogP) is 1.54. The highest BCUT2D eigenvalue weighted by Crippen LogP contribution is 2.36. The van der Waals surface area contributed by atoms with Crippen LogP contribution in [0.3, 0.4) is 0 Å². The van der Waals surface area contributed by atoms with Crippen LogP contribution in [0.25, 0.3) is 0 Å². The summed E-state index contributed by atoms with van der Waals surface area (Å²) in [6, 6.07) is 9.57. The van der Waals surface area contributed by atoms with Gasteiger partial charge in [0, 0.05) is 13.2 Å². The maximum Gasteiger partial charge on any atom is 0.407 e. The Morgan fingerprint density at radius 1 is 1.35 bits per heavy atom. The van der Waals surface area contributed by atoms with Gasteiger partial charge in [-0.05, 0) is 23.8 Å². The van der Waals surface area contributed by atoms with Crippen molar-refractivity contribution in [2.45, 2.75) is 13.0 Å². The van der Waals surface area contributed by atoms with E-state index in [0.717, 1.165) is 12.0 Å². The topological polar surface area (TPSA) is 58.6 Å². The van der Waals surface area contributed by atoms with Gasteiger partial charge in [0.25, 0.3) is 0 Å². The van der Waals surface area contributed by atoms with Crippen LogP contribution in [0.5, 0.6) is 0 Å².